The van der Waals surface area contributed by atoms with E-state index in [0.717, 1.165) is 18.5 Å². The van der Waals surface area contributed by atoms with Crippen LogP contribution in [-0.2, 0) is 6.54 Å². The Bertz CT molecular complexity index is 526. The monoisotopic (exact) mass is 278 g/mol. The van der Waals surface area contributed by atoms with Crippen molar-refractivity contribution in [2.45, 2.75) is 32.9 Å². The van der Waals surface area contributed by atoms with Gasteiger partial charge in [0.05, 0.1) is 6.04 Å². The Kier molecular flexibility index (Phi) is 5.06. The highest BCUT2D eigenvalue weighted by Crippen LogP contribution is 2.14. The number of nitrogens with one attached hydrogen (secondary N) is 2. The van der Waals surface area contributed by atoms with Crippen LogP contribution in [0.1, 0.15) is 37.8 Å². The van der Waals surface area contributed by atoms with E-state index in [0.29, 0.717) is 18.5 Å². The van der Waals surface area contributed by atoms with Crippen LogP contribution in [-0.4, -0.2) is 16.7 Å². The van der Waals surface area contributed by atoms with Gasteiger partial charge in [-0.25, -0.2) is 4.39 Å². The van der Waals surface area contributed by atoms with E-state index in [1.165, 1.54) is 12.1 Å². The van der Waals surface area contributed by atoms with E-state index >= 15 is 0 Å². The van der Waals surface area contributed by atoms with Crippen LogP contribution in [0.25, 0.3) is 0 Å². The summed E-state index contributed by atoms with van der Waals surface area (Å²) in [4.78, 5) is 0. The molecule has 0 fully saturated rings. The lowest BCUT2D eigenvalue weighted by Gasteiger charge is -2.07. The van der Waals surface area contributed by atoms with Crippen LogP contribution in [0.5, 0.6) is 0 Å². The Labute approximate surface area is 117 Å². The molecule has 0 spiro atoms. The molecule has 0 amide bonds. The first-order chi connectivity index (χ1) is 9.69. The second-order valence-electron chi connectivity index (χ2n) is 4.60. The predicted octanol–water partition coefficient (Wildman–Crippen LogP) is 2.88. The summed E-state index contributed by atoms with van der Waals surface area (Å²) in [7, 11) is 0. The normalized spacial score (nSPS) is 12.3. The Morgan fingerprint density at radius 3 is 2.70 bits per heavy atom. The zero-order chi connectivity index (χ0) is 14.4. The van der Waals surface area contributed by atoms with Crippen LogP contribution in [0.2, 0.25) is 0 Å². The number of aromatic nitrogens is 2. The number of rotatable bonds is 7. The zero-order valence-corrected chi connectivity index (χ0v) is 11.7. The molecular formula is C14H19FN4O. The molecule has 0 radical (unpaired) electrons. The molecule has 0 saturated carbocycles. The number of hydrogen-bond donors (Lipinski definition) is 2. The first kappa shape index (κ1) is 14.5. The van der Waals surface area contributed by atoms with Crippen LogP contribution < -0.4 is 10.6 Å². The highest BCUT2D eigenvalue weighted by molar-refractivity contribution is 5.24. The Morgan fingerprint density at radius 2 is 2.00 bits per heavy atom. The van der Waals surface area contributed by atoms with E-state index in [9.17, 15) is 4.39 Å². The smallest absolute Gasteiger partial charge is 0.315 e. The SMILES string of the molecule is CCCNC(C)c1nnc(NCc2ccc(F)cc2)o1. The Balaban J connectivity index is 1.87. The van der Waals surface area contributed by atoms with Crippen molar-refractivity contribution >= 4 is 6.01 Å². The van der Waals surface area contributed by atoms with Gasteiger partial charge in [-0.3, -0.25) is 0 Å². The van der Waals surface area contributed by atoms with Gasteiger partial charge in [-0.05, 0) is 37.6 Å². The molecular weight excluding hydrogens is 259 g/mol. The molecule has 1 aromatic carbocycles. The molecule has 0 aliphatic carbocycles. The van der Waals surface area contributed by atoms with Gasteiger partial charge >= 0.3 is 6.01 Å². The maximum Gasteiger partial charge on any atom is 0.315 e. The van der Waals surface area contributed by atoms with E-state index in [1.807, 2.05) is 6.92 Å². The van der Waals surface area contributed by atoms with Gasteiger partial charge in [-0.1, -0.05) is 24.2 Å². The second-order valence-corrected chi connectivity index (χ2v) is 4.60. The number of nitrogens with zero attached hydrogens (tertiary/aromatic N) is 2. The molecule has 0 aliphatic rings. The van der Waals surface area contributed by atoms with Gasteiger partial charge in [0.1, 0.15) is 5.82 Å². The van der Waals surface area contributed by atoms with Gasteiger partial charge in [0.15, 0.2) is 0 Å². The predicted molar refractivity (Wildman–Crippen MR) is 74.7 cm³/mol. The summed E-state index contributed by atoms with van der Waals surface area (Å²) in [6.45, 7) is 5.50. The molecule has 1 unspecified atom stereocenters. The minimum Gasteiger partial charge on any atom is -0.406 e. The molecule has 2 aromatic rings. The van der Waals surface area contributed by atoms with Crippen molar-refractivity contribution in [2.75, 3.05) is 11.9 Å². The van der Waals surface area contributed by atoms with E-state index in [1.54, 1.807) is 12.1 Å². The second kappa shape index (κ2) is 7.00. The summed E-state index contributed by atoms with van der Waals surface area (Å²) in [5.74, 6) is 0.310. The van der Waals surface area contributed by atoms with Crippen molar-refractivity contribution in [3.05, 3.63) is 41.5 Å². The van der Waals surface area contributed by atoms with Crippen molar-refractivity contribution in [2.24, 2.45) is 0 Å². The van der Waals surface area contributed by atoms with E-state index in [2.05, 4.69) is 27.8 Å². The molecule has 5 nitrogen and oxygen atoms in total. The van der Waals surface area contributed by atoms with Gasteiger partial charge in [0.2, 0.25) is 5.89 Å². The van der Waals surface area contributed by atoms with Crippen LogP contribution in [0.15, 0.2) is 28.7 Å². The van der Waals surface area contributed by atoms with E-state index < -0.39 is 0 Å². The van der Waals surface area contributed by atoms with Gasteiger partial charge in [0, 0.05) is 6.54 Å². The third kappa shape index (κ3) is 4.03. The minimum atomic E-state index is -0.246. The van der Waals surface area contributed by atoms with Gasteiger partial charge in [-0.15, -0.1) is 5.10 Å². The summed E-state index contributed by atoms with van der Waals surface area (Å²) >= 11 is 0. The van der Waals surface area contributed by atoms with Crippen LogP contribution in [0.4, 0.5) is 10.4 Å². The molecule has 2 rings (SSSR count). The maximum absolute atomic E-state index is 12.8. The molecule has 1 atom stereocenters. The van der Waals surface area contributed by atoms with Crippen molar-refractivity contribution in [1.29, 1.82) is 0 Å². The summed E-state index contributed by atoms with van der Waals surface area (Å²) in [5.41, 5.74) is 0.948. The molecule has 0 bridgehead atoms. The van der Waals surface area contributed by atoms with Gasteiger partial charge < -0.3 is 15.1 Å². The van der Waals surface area contributed by atoms with Crippen molar-refractivity contribution in [3.8, 4) is 0 Å². The minimum absolute atomic E-state index is 0.0313. The number of benzene rings is 1. The summed E-state index contributed by atoms with van der Waals surface area (Å²) < 4.78 is 18.3. The van der Waals surface area contributed by atoms with Crippen LogP contribution in [0.3, 0.4) is 0 Å². The average Bonchev–Trinajstić information content (AvgIpc) is 2.93. The molecule has 6 heteroatoms. The number of halogens is 1. The van der Waals surface area contributed by atoms with Gasteiger partial charge in [-0.2, -0.15) is 0 Å². The largest absolute Gasteiger partial charge is 0.406 e. The van der Waals surface area contributed by atoms with E-state index in [4.69, 9.17) is 4.42 Å². The highest BCUT2D eigenvalue weighted by Gasteiger charge is 2.12. The van der Waals surface area contributed by atoms with E-state index in [-0.39, 0.29) is 11.9 Å². The van der Waals surface area contributed by atoms with Crippen molar-refractivity contribution in [3.63, 3.8) is 0 Å². The molecule has 2 N–H and O–H groups in total. The van der Waals surface area contributed by atoms with Crippen molar-refractivity contribution in [1.82, 2.24) is 15.5 Å². The fourth-order valence-electron chi connectivity index (χ4n) is 1.71. The summed E-state index contributed by atoms with van der Waals surface area (Å²) in [5, 5.41) is 14.2. The van der Waals surface area contributed by atoms with Crippen LogP contribution in [0, 0.1) is 5.82 Å². The lowest BCUT2D eigenvalue weighted by Crippen LogP contribution is -2.19. The molecule has 1 aromatic heterocycles. The highest BCUT2D eigenvalue weighted by atomic mass is 19.1. The first-order valence-electron chi connectivity index (χ1n) is 6.74. The Morgan fingerprint density at radius 1 is 1.25 bits per heavy atom. The lowest BCUT2D eigenvalue weighted by molar-refractivity contribution is 0.423. The average molecular weight is 278 g/mol. The van der Waals surface area contributed by atoms with Crippen LogP contribution >= 0.6 is 0 Å². The van der Waals surface area contributed by atoms with Crippen molar-refractivity contribution < 1.29 is 8.81 Å². The molecule has 1 heterocycles. The quantitative estimate of drug-likeness (QED) is 0.815. The third-order valence-corrected chi connectivity index (χ3v) is 2.87. The first-order valence-corrected chi connectivity index (χ1v) is 6.74. The molecule has 108 valence electrons. The number of anilines is 1. The third-order valence-electron chi connectivity index (χ3n) is 2.87. The topological polar surface area (TPSA) is 63.0 Å². The molecule has 20 heavy (non-hydrogen) atoms. The molecule has 0 saturated heterocycles. The summed E-state index contributed by atoms with van der Waals surface area (Å²) in [6.07, 6.45) is 1.05. The molecule has 0 aliphatic heterocycles. The lowest BCUT2D eigenvalue weighted by atomic mass is 10.2. The summed E-state index contributed by atoms with van der Waals surface area (Å²) in [6, 6.07) is 6.68. The number of hydrogen-bond acceptors (Lipinski definition) is 5. The maximum atomic E-state index is 12.8. The zero-order valence-electron chi connectivity index (χ0n) is 11.7. The standard InChI is InChI=1S/C14H19FN4O/c1-3-8-16-10(2)13-18-19-14(20-13)17-9-11-4-6-12(15)7-5-11/h4-7,10,16H,3,8-9H2,1-2H3,(H,17,19). The fourth-order valence-corrected chi connectivity index (χ4v) is 1.71. The van der Waals surface area contributed by atoms with Gasteiger partial charge in [0.25, 0.3) is 0 Å². The Hall–Kier alpha value is -1.95. The fraction of sp³-hybridized carbons (Fsp3) is 0.429.